The molecule has 1 aromatic carbocycles. The molecule has 1 aliphatic heterocycles. The summed E-state index contributed by atoms with van der Waals surface area (Å²) in [5, 5.41) is 9.42. The number of benzene rings is 1. The number of nitrogens with zero attached hydrogens (tertiary/aromatic N) is 1. The van der Waals surface area contributed by atoms with Crippen molar-refractivity contribution in [3.05, 3.63) is 29.8 Å². The maximum atomic E-state index is 11.5. The Kier molecular flexibility index (Phi) is 3.50. The minimum absolute atomic E-state index is 0.385. The summed E-state index contributed by atoms with van der Waals surface area (Å²) in [5.41, 5.74) is 2.63. The van der Waals surface area contributed by atoms with Crippen LogP contribution in [0.2, 0.25) is 0 Å². The van der Waals surface area contributed by atoms with E-state index >= 15 is 0 Å². The van der Waals surface area contributed by atoms with Crippen LogP contribution < -0.4 is 9.64 Å². The first kappa shape index (κ1) is 14.4. The standard InChI is InChI=1S/C16H21NO3/c1-10-9-16(3,4)17(11(2)15(18)19)14-12(10)7-6-8-13(14)20-5/h6-9,11H,1-5H3,(H,18,19). The summed E-state index contributed by atoms with van der Waals surface area (Å²) in [6, 6.07) is 5.16. The molecule has 0 aliphatic carbocycles. The summed E-state index contributed by atoms with van der Waals surface area (Å²) in [6.45, 7) is 7.79. The number of methoxy groups -OCH3 is 1. The number of anilines is 1. The Morgan fingerprint density at radius 1 is 1.40 bits per heavy atom. The van der Waals surface area contributed by atoms with Crippen LogP contribution in [0.3, 0.4) is 0 Å². The van der Waals surface area contributed by atoms with Gasteiger partial charge in [-0.2, -0.15) is 0 Å². The van der Waals surface area contributed by atoms with Crippen molar-refractivity contribution in [2.45, 2.75) is 39.3 Å². The van der Waals surface area contributed by atoms with E-state index in [4.69, 9.17) is 4.74 Å². The van der Waals surface area contributed by atoms with Crippen molar-refractivity contribution < 1.29 is 14.6 Å². The Hall–Kier alpha value is -1.97. The first-order chi connectivity index (χ1) is 9.29. The highest BCUT2D eigenvalue weighted by molar-refractivity contribution is 5.89. The summed E-state index contributed by atoms with van der Waals surface area (Å²) in [7, 11) is 1.61. The molecule has 4 nitrogen and oxygen atoms in total. The van der Waals surface area contributed by atoms with Crippen molar-refractivity contribution in [2.75, 3.05) is 12.0 Å². The number of hydrogen-bond donors (Lipinski definition) is 1. The second-order valence-electron chi connectivity index (χ2n) is 5.72. The van der Waals surface area contributed by atoms with Gasteiger partial charge in [0.25, 0.3) is 0 Å². The zero-order valence-corrected chi connectivity index (χ0v) is 12.6. The fourth-order valence-corrected chi connectivity index (χ4v) is 3.02. The molecule has 0 saturated carbocycles. The van der Waals surface area contributed by atoms with Crippen molar-refractivity contribution in [1.82, 2.24) is 0 Å². The Morgan fingerprint density at radius 3 is 2.60 bits per heavy atom. The minimum Gasteiger partial charge on any atom is -0.495 e. The molecule has 0 bridgehead atoms. The Bertz CT molecular complexity index is 575. The lowest BCUT2D eigenvalue weighted by Gasteiger charge is -2.45. The summed E-state index contributed by atoms with van der Waals surface area (Å²) in [5.74, 6) is -0.140. The second-order valence-corrected chi connectivity index (χ2v) is 5.72. The number of aliphatic carboxylic acids is 1. The van der Waals surface area contributed by atoms with Crippen molar-refractivity contribution in [3.8, 4) is 5.75 Å². The van der Waals surface area contributed by atoms with Crippen molar-refractivity contribution in [3.63, 3.8) is 0 Å². The van der Waals surface area contributed by atoms with Gasteiger partial charge in [0.1, 0.15) is 11.8 Å². The van der Waals surface area contributed by atoms with E-state index in [1.54, 1.807) is 14.0 Å². The number of allylic oxidation sites excluding steroid dienone is 1. The lowest BCUT2D eigenvalue weighted by molar-refractivity contribution is -0.138. The third-order valence-corrected chi connectivity index (χ3v) is 3.82. The third-order valence-electron chi connectivity index (χ3n) is 3.82. The first-order valence-corrected chi connectivity index (χ1v) is 6.68. The summed E-state index contributed by atoms with van der Waals surface area (Å²) in [4.78, 5) is 13.4. The Balaban J connectivity index is 2.72. The normalized spacial score (nSPS) is 18.1. The van der Waals surface area contributed by atoms with E-state index in [1.165, 1.54) is 0 Å². The van der Waals surface area contributed by atoms with Crippen molar-refractivity contribution in [1.29, 1.82) is 0 Å². The van der Waals surface area contributed by atoms with Crippen molar-refractivity contribution in [2.24, 2.45) is 0 Å². The van der Waals surface area contributed by atoms with Gasteiger partial charge in [0, 0.05) is 5.56 Å². The van der Waals surface area contributed by atoms with E-state index in [1.807, 2.05) is 43.9 Å². The molecule has 2 rings (SSSR count). The van der Waals surface area contributed by atoms with Gasteiger partial charge >= 0.3 is 5.97 Å². The number of carbonyl (C=O) groups is 1. The lowest BCUT2D eigenvalue weighted by atomic mass is 9.87. The van der Waals surface area contributed by atoms with Gasteiger partial charge in [0.15, 0.2) is 0 Å². The molecule has 4 heteroatoms. The molecular weight excluding hydrogens is 254 g/mol. The van der Waals surface area contributed by atoms with Gasteiger partial charge in [-0.3, -0.25) is 0 Å². The number of carboxylic acid groups (broad SMARTS) is 1. The highest BCUT2D eigenvalue weighted by Crippen LogP contribution is 2.45. The quantitative estimate of drug-likeness (QED) is 0.920. The van der Waals surface area contributed by atoms with Gasteiger partial charge in [-0.05, 0) is 39.3 Å². The number of para-hydroxylation sites is 1. The Morgan fingerprint density at radius 2 is 2.05 bits per heavy atom. The summed E-state index contributed by atoms with van der Waals surface area (Å²) in [6.07, 6.45) is 2.11. The van der Waals surface area contributed by atoms with Crippen LogP contribution >= 0.6 is 0 Å². The molecule has 0 spiro atoms. The molecule has 0 saturated heterocycles. The molecule has 1 N–H and O–H groups in total. The zero-order chi connectivity index (χ0) is 15.1. The molecule has 0 amide bonds. The van der Waals surface area contributed by atoms with Gasteiger partial charge in [0.2, 0.25) is 0 Å². The van der Waals surface area contributed by atoms with Gasteiger partial charge in [-0.15, -0.1) is 0 Å². The largest absolute Gasteiger partial charge is 0.495 e. The van der Waals surface area contributed by atoms with Crippen LogP contribution in [-0.2, 0) is 4.79 Å². The van der Waals surface area contributed by atoms with Crippen LogP contribution in [0.15, 0.2) is 24.3 Å². The highest BCUT2D eigenvalue weighted by Gasteiger charge is 2.38. The van der Waals surface area contributed by atoms with Gasteiger partial charge < -0.3 is 14.7 Å². The molecule has 0 fully saturated rings. The number of carboxylic acids is 1. The Labute approximate surface area is 119 Å². The first-order valence-electron chi connectivity index (χ1n) is 6.68. The number of hydrogen-bond acceptors (Lipinski definition) is 3. The topological polar surface area (TPSA) is 49.8 Å². The SMILES string of the molecule is COc1cccc2c1N(C(C)C(=O)O)C(C)(C)C=C2C. The second kappa shape index (κ2) is 4.85. The van der Waals surface area contributed by atoms with E-state index in [-0.39, 0.29) is 5.54 Å². The van der Waals surface area contributed by atoms with Crippen LogP contribution in [0.1, 0.15) is 33.3 Å². The van der Waals surface area contributed by atoms with Gasteiger partial charge in [0.05, 0.1) is 18.3 Å². The molecule has 1 unspecified atom stereocenters. The van der Waals surface area contributed by atoms with E-state index in [2.05, 4.69) is 6.08 Å². The fourth-order valence-electron chi connectivity index (χ4n) is 3.02. The maximum absolute atomic E-state index is 11.5. The zero-order valence-electron chi connectivity index (χ0n) is 12.6. The lowest BCUT2D eigenvalue weighted by Crippen LogP contribution is -2.53. The molecular formula is C16H21NO3. The molecule has 0 radical (unpaired) electrons. The average molecular weight is 275 g/mol. The van der Waals surface area contributed by atoms with E-state index in [0.717, 1.165) is 16.8 Å². The van der Waals surface area contributed by atoms with E-state index < -0.39 is 12.0 Å². The molecule has 1 atom stereocenters. The predicted molar refractivity (Wildman–Crippen MR) is 80.3 cm³/mol. The monoisotopic (exact) mass is 275 g/mol. The van der Waals surface area contributed by atoms with Crippen LogP contribution in [0, 0.1) is 0 Å². The molecule has 1 aliphatic rings. The van der Waals surface area contributed by atoms with E-state index in [0.29, 0.717) is 5.75 Å². The van der Waals surface area contributed by atoms with Crippen LogP contribution in [0.25, 0.3) is 5.57 Å². The van der Waals surface area contributed by atoms with Crippen LogP contribution in [-0.4, -0.2) is 29.8 Å². The van der Waals surface area contributed by atoms with Gasteiger partial charge in [-0.25, -0.2) is 4.79 Å². The average Bonchev–Trinajstić information content (AvgIpc) is 2.36. The molecule has 20 heavy (non-hydrogen) atoms. The van der Waals surface area contributed by atoms with E-state index in [9.17, 15) is 9.90 Å². The third kappa shape index (κ3) is 2.15. The van der Waals surface area contributed by atoms with Gasteiger partial charge in [-0.1, -0.05) is 18.2 Å². The van der Waals surface area contributed by atoms with Crippen molar-refractivity contribution >= 4 is 17.2 Å². The number of ether oxygens (including phenoxy) is 1. The van der Waals surface area contributed by atoms with Crippen LogP contribution in [0.5, 0.6) is 5.75 Å². The molecule has 0 aromatic heterocycles. The van der Waals surface area contributed by atoms with Crippen LogP contribution in [0.4, 0.5) is 5.69 Å². The number of fused-ring (bicyclic) bond motifs is 1. The molecule has 1 aromatic rings. The molecule has 1 heterocycles. The minimum atomic E-state index is -0.845. The smallest absolute Gasteiger partial charge is 0.326 e. The summed E-state index contributed by atoms with van der Waals surface area (Å²) >= 11 is 0. The predicted octanol–water partition coefficient (Wildman–Crippen LogP) is 3.17. The number of rotatable bonds is 3. The highest BCUT2D eigenvalue weighted by atomic mass is 16.5. The molecule has 108 valence electrons. The summed E-state index contributed by atoms with van der Waals surface area (Å²) < 4.78 is 5.45. The fraction of sp³-hybridized carbons (Fsp3) is 0.438. The maximum Gasteiger partial charge on any atom is 0.326 e.